The fourth-order valence-corrected chi connectivity index (χ4v) is 2.07. The molecule has 6 nitrogen and oxygen atoms in total. The van der Waals surface area contributed by atoms with Crippen LogP contribution in [0.4, 0.5) is 0 Å². The fraction of sp³-hybridized carbons (Fsp3) is 0.833. The second-order valence-corrected chi connectivity index (χ2v) is 5.02. The average molecular weight is 255 g/mol. The molecule has 102 valence electrons. The van der Waals surface area contributed by atoms with E-state index in [-0.39, 0.29) is 31.4 Å². The molecular weight excluding hydrogens is 234 g/mol. The third-order valence-electron chi connectivity index (χ3n) is 3.39. The van der Waals surface area contributed by atoms with Crippen LogP contribution in [0.15, 0.2) is 0 Å². The molecule has 1 atom stereocenters. The SMILES string of the molecule is CCN1CC(=O)N(CC(O)CNC2CC2)CC1=O. The van der Waals surface area contributed by atoms with Crippen molar-refractivity contribution < 1.29 is 14.7 Å². The molecule has 1 heterocycles. The van der Waals surface area contributed by atoms with Crippen molar-refractivity contribution in [3.63, 3.8) is 0 Å². The van der Waals surface area contributed by atoms with Crippen molar-refractivity contribution in [3.05, 3.63) is 0 Å². The zero-order valence-electron chi connectivity index (χ0n) is 10.8. The van der Waals surface area contributed by atoms with Gasteiger partial charge in [-0.1, -0.05) is 0 Å². The van der Waals surface area contributed by atoms with E-state index in [0.29, 0.717) is 19.1 Å². The van der Waals surface area contributed by atoms with Crippen LogP contribution in [0.2, 0.25) is 0 Å². The Bertz CT molecular complexity index is 331. The first-order valence-electron chi connectivity index (χ1n) is 6.57. The van der Waals surface area contributed by atoms with Crippen molar-refractivity contribution in [2.45, 2.75) is 31.9 Å². The zero-order valence-corrected chi connectivity index (χ0v) is 10.8. The molecule has 1 aliphatic heterocycles. The number of carbonyl (C=O) groups is 2. The molecule has 1 saturated heterocycles. The molecule has 1 aliphatic carbocycles. The summed E-state index contributed by atoms with van der Waals surface area (Å²) in [6.07, 6.45) is 1.73. The number of amides is 2. The predicted octanol–water partition coefficient (Wildman–Crippen LogP) is -1.21. The number of aliphatic hydroxyl groups excluding tert-OH is 1. The average Bonchev–Trinajstić information content (AvgIpc) is 3.15. The topological polar surface area (TPSA) is 72.9 Å². The molecule has 0 aromatic carbocycles. The monoisotopic (exact) mass is 255 g/mol. The minimum absolute atomic E-state index is 0.0422. The highest BCUT2D eigenvalue weighted by Crippen LogP contribution is 2.18. The molecule has 2 aliphatic rings. The number of aliphatic hydroxyl groups is 1. The van der Waals surface area contributed by atoms with Gasteiger partial charge in [-0.05, 0) is 19.8 Å². The van der Waals surface area contributed by atoms with Crippen molar-refractivity contribution in [1.29, 1.82) is 0 Å². The second-order valence-electron chi connectivity index (χ2n) is 5.02. The minimum Gasteiger partial charge on any atom is -0.390 e. The van der Waals surface area contributed by atoms with E-state index < -0.39 is 6.10 Å². The van der Waals surface area contributed by atoms with Crippen LogP contribution < -0.4 is 5.32 Å². The lowest BCUT2D eigenvalue weighted by atomic mass is 10.2. The molecule has 6 heteroatoms. The van der Waals surface area contributed by atoms with Gasteiger partial charge in [0, 0.05) is 25.7 Å². The minimum atomic E-state index is -0.601. The Morgan fingerprint density at radius 3 is 2.50 bits per heavy atom. The molecule has 2 amide bonds. The molecule has 0 bridgehead atoms. The van der Waals surface area contributed by atoms with Gasteiger partial charge < -0.3 is 20.2 Å². The van der Waals surface area contributed by atoms with Crippen LogP contribution in [0, 0.1) is 0 Å². The quantitative estimate of drug-likeness (QED) is 0.625. The van der Waals surface area contributed by atoms with Gasteiger partial charge in [-0.25, -0.2) is 0 Å². The highest BCUT2D eigenvalue weighted by Gasteiger charge is 2.30. The molecule has 2 rings (SSSR count). The molecule has 2 fully saturated rings. The standard InChI is InChI=1S/C12H21N3O3/c1-2-14-7-12(18)15(8-11(14)17)6-10(16)5-13-9-3-4-9/h9-10,13,16H,2-8H2,1H3. The number of nitrogens with zero attached hydrogens (tertiary/aromatic N) is 2. The molecule has 0 radical (unpaired) electrons. The number of piperazine rings is 1. The van der Waals surface area contributed by atoms with E-state index >= 15 is 0 Å². The zero-order chi connectivity index (χ0) is 13.1. The maximum atomic E-state index is 11.8. The summed E-state index contributed by atoms with van der Waals surface area (Å²) < 4.78 is 0. The summed E-state index contributed by atoms with van der Waals surface area (Å²) in [7, 11) is 0. The van der Waals surface area contributed by atoms with E-state index in [9.17, 15) is 14.7 Å². The van der Waals surface area contributed by atoms with Crippen molar-refractivity contribution in [2.75, 3.05) is 32.7 Å². The lowest BCUT2D eigenvalue weighted by Gasteiger charge is -2.34. The summed E-state index contributed by atoms with van der Waals surface area (Å²) in [5.41, 5.74) is 0. The number of β-amino-alcohol motifs (C(OH)–C–C–N with tert-alkyl or cyclic N) is 1. The number of nitrogens with one attached hydrogen (secondary N) is 1. The Hall–Kier alpha value is -1.14. The van der Waals surface area contributed by atoms with Gasteiger partial charge >= 0.3 is 0 Å². The predicted molar refractivity (Wildman–Crippen MR) is 65.9 cm³/mol. The summed E-state index contributed by atoms with van der Waals surface area (Å²) in [5.74, 6) is -0.124. The largest absolute Gasteiger partial charge is 0.390 e. The van der Waals surface area contributed by atoms with Crippen LogP contribution in [0.1, 0.15) is 19.8 Å². The summed E-state index contributed by atoms with van der Waals surface area (Å²) in [6, 6.07) is 0.536. The maximum absolute atomic E-state index is 11.8. The third-order valence-corrected chi connectivity index (χ3v) is 3.39. The lowest BCUT2D eigenvalue weighted by Crippen LogP contribution is -2.55. The summed E-state index contributed by atoms with van der Waals surface area (Å²) in [6.45, 7) is 3.37. The lowest BCUT2D eigenvalue weighted by molar-refractivity contribution is -0.151. The van der Waals surface area contributed by atoms with Crippen molar-refractivity contribution in [2.24, 2.45) is 0 Å². The molecule has 1 saturated carbocycles. The number of hydrogen-bond acceptors (Lipinski definition) is 4. The van der Waals surface area contributed by atoms with Crippen molar-refractivity contribution in [1.82, 2.24) is 15.1 Å². The van der Waals surface area contributed by atoms with Crippen molar-refractivity contribution in [3.8, 4) is 0 Å². The van der Waals surface area contributed by atoms with Gasteiger partial charge in [0.2, 0.25) is 11.8 Å². The molecular formula is C12H21N3O3. The molecule has 18 heavy (non-hydrogen) atoms. The van der Waals surface area contributed by atoms with Crippen LogP contribution in [-0.4, -0.2) is 71.6 Å². The Morgan fingerprint density at radius 1 is 1.28 bits per heavy atom. The van der Waals surface area contributed by atoms with Gasteiger partial charge in [-0.2, -0.15) is 0 Å². The Kier molecular flexibility index (Phi) is 4.19. The second kappa shape index (κ2) is 5.67. The van der Waals surface area contributed by atoms with E-state index in [1.165, 1.54) is 22.6 Å². The molecule has 2 N–H and O–H groups in total. The number of likely N-dealkylation sites (N-methyl/N-ethyl adjacent to an activating group) is 1. The van der Waals surface area contributed by atoms with Crippen molar-refractivity contribution >= 4 is 11.8 Å². The first-order chi connectivity index (χ1) is 8.60. The van der Waals surface area contributed by atoms with E-state index in [2.05, 4.69) is 5.32 Å². The molecule has 0 aromatic rings. The van der Waals surface area contributed by atoms with Gasteiger partial charge in [0.05, 0.1) is 19.2 Å². The van der Waals surface area contributed by atoms with Crippen LogP contribution in [0.25, 0.3) is 0 Å². The smallest absolute Gasteiger partial charge is 0.242 e. The Morgan fingerprint density at radius 2 is 1.89 bits per heavy atom. The number of rotatable bonds is 6. The maximum Gasteiger partial charge on any atom is 0.242 e. The van der Waals surface area contributed by atoms with Crippen LogP contribution in [-0.2, 0) is 9.59 Å². The third kappa shape index (κ3) is 3.43. The van der Waals surface area contributed by atoms with Crippen LogP contribution >= 0.6 is 0 Å². The summed E-state index contributed by atoms with van der Waals surface area (Å²) >= 11 is 0. The normalized spacial score (nSPS) is 22.6. The summed E-state index contributed by atoms with van der Waals surface area (Å²) in [5, 5.41) is 13.0. The number of carbonyl (C=O) groups excluding carboxylic acids is 2. The molecule has 1 unspecified atom stereocenters. The van der Waals surface area contributed by atoms with Gasteiger partial charge in [-0.3, -0.25) is 9.59 Å². The molecule has 0 spiro atoms. The van der Waals surface area contributed by atoms with Crippen LogP contribution in [0.5, 0.6) is 0 Å². The Balaban J connectivity index is 1.77. The van der Waals surface area contributed by atoms with E-state index in [1.54, 1.807) is 0 Å². The highest BCUT2D eigenvalue weighted by atomic mass is 16.3. The fourth-order valence-electron chi connectivity index (χ4n) is 2.07. The van der Waals surface area contributed by atoms with E-state index in [4.69, 9.17) is 0 Å². The first-order valence-corrected chi connectivity index (χ1v) is 6.57. The van der Waals surface area contributed by atoms with E-state index in [0.717, 1.165) is 0 Å². The summed E-state index contributed by atoms with van der Waals surface area (Å²) in [4.78, 5) is 26.5. The number of hydrogen-bond donors (Lipinski definition) is 2. The van der Waals surface area contributed by atoms with E-state index in [1.807, 2.05) is 6.92 Å². The van der Waals surface area contributed by atoms with Gasteiger partial charge in [0.25, 0.3) is 0 Å². The Labute approximate surface area is 107 Å². The van der Waals surface area contributed by atoms with Gasteiger partial charge in [-0.15, -0.1) is 0 Å². The van der Waals surface area contributed by atoms with Gasteiger partial charge in [0.15, 0.2) is 0 Å². The molecule has 0 aromatic heterocycles. The highest BCUT2D eigenvalue weighted by molar-refractivity contribution is 5.92. The van der Waals surface area contributed by atoms with Crippen LogP contribution in [0.3, 0.4) is 0 Å². The first kappa shape index (κ1) is 13.3. The van der Waals surface area contributed by atoms with Gasteiger partial charge in [0.1, 0.15) is 0 Å².